The van der Waals surface area contributed by atoms with Gasteiger partial charge in [0, 0.05) is 37.2 Å². The second-order valence-corrected chi connectivity index (χ2v) is 6.37. The molecule has 0 aromatic heterocycles. The maximum Gasteiger partial charge on any atom is 0.0234 e. The molecular weight excluding hydrogens is 300 g/mol. The predicted molar refractivity (Wildman–Crippen MR) is 85.4 cm³/mol. The number of unbranched alkanes of at least 4 members (excludes halogenated alkanes) is 2. The number of piperazine rings is 1. The zero-order valence-corrected chi connectivity index (χ0v) is 13.5. The molecule has 1 aliphatic heterocycles. The number of nitrogens with zero attached hydrogens (tertiary/aromatic N) is 2. The fourth-order valence-corrected chi connectivity index (χ4v) is 2.87. The number of benzene rings is 1. The molecule has 1 aliphatic rings. The zero-order valence-electron chi connectivity index (χ0n) is 11.9. The van der Waals surface area contributed by atoms with Crippen molar-refractivity contribution in [1.29, 1.82) is 0 Å². The summed E-state index contributed by atoms with van der Waals surface area (Å²) in [6.45, 7) is 9.55. The van der Waals surface area contributed by atoms with E-state index < -0.39 is 0 Å². The van der Waals surface area contributed by atoms with Crippen molar-refractivity contribution in [3.05, 3.63) is 34.3 Å². The second kappa shape index (κ2) is 8.03. The molecule has 1 saturated heterocycles. The average molecular weight is 325 g/mol. The third-order valence-corrected chi connectivity index (χ3v) is 4.39. The van der Waals surface area contributed by atoms with Gasteiger partial charge in [-0.2, -0.15) is 0 Å². The van der Waals surface area contributed by atoms with Crippen molar-refractivity contribution in [2.24, 2.45) is 0 Å². The van der Waals surface area contributed by atoms with Crippen molar-refractivity contribution in [3.8, 4) is 0 Å². The lowest BCUT2D eigenvalue weighted by Crippen LogP contribution is -2.46. The van der Waals surface area contributed by atoms with E-state index in [2.05, 4.69) is 56.9 Å². The standard InChI is InChI=1S/C16H25BrN2/c1-2-3-4-9-18-10-12-19(13-11-18)14-15-5-7-16(17)8-6-15/h5-8H,2-4,9-14H2,1H3. The summed E-state index contributed by atoms with van der Waals surface area (Å²) in [5.74, 6) is 0. The molecule has 106 valence electrons. The highest BCUT2D eigenvalue weighted by Crippen LogP contribution is 2.13. The van der Waals surface area contributed by atoms with Gasteiger partial charge in [0.15, 0.2) is 0 Å². The largest absolute Gasteiger partial charge is 0.301 e. The Hall–Kier alpha value is -0.380. The first-order valence-electron chi connectivity index (χ1n) is 7.47. The molecule has 0 aliphatic carbocycles. The monoisotopic (exact) mass is 324 g/mol. The molecule has 1 aromatic carbocycles. The zero-order chi connectivity index (χ0) is 13.5. The van der Waals surface area contributed by atoms with Crippen molar-refractivity contribution in [1.82, 2.24) is 9.80 Å². The lowest BCUT2D eigenvalue weighted by Gasteiger charge is -2.34. The normalized spacial score (nSPS) is 17.8. The van der Waals surface area contributed by atoms with Gasteiger partial charge in [0.1, 0.15) is 0 Å². The van der Waals surface area contributed by atoms with Crippen molar-refractivity contribution in [2.45, 2.75) is 32.7 Å². The summed E-state index contributed by atoms with van der Waals surface area (Å²) in [6.07, 6.45) is 4.06. The summed E-state index contributed by atoms with van der Waals surface area (Å²) in [6, 6.07) is 8.71. The molecular formula is C16H25BrN2. The van der Waals surface area contributed by atoms with Crippen LogP contribution in [0.5, 0.6) is 0 Å². The number of hydrogen-bond donors (Lipinski definition) is 0. The van der Waals surface area contributed by atoms with E-state index in [1.807, 2.05) is 0 Å². The lowest BCUT2D eigenvalue weighted by molar-refractivity contribution is 0.125. The fourth-order valence-electron chi connectivity index (χ4n) is 2.60. The van der Waals surface area contributed by atoms with E-state index in [9.17, 15) is 0 Å². The first kappa shape index (κ1) is 15.0. The van der Waals surface area contributed by atoms with E-state index >= 15 is 0 Å². The van der Waals surface area contributed by atoms with Crippen LogP contribution in [-0.2, 0) is 6.54 Å². The summed E-state index contributed by atoms with van der Waals surface area (Å²) in [5.41, 5.74) is 1.42. The van der Waals surface area contributed by atoms with Crippen LogP contribution in [0.4, 0.5) is 0 Å². The molecule has 19 heavy (non-hydrogen) atoms. The smallest absolute Gasteiger partial charge is 0.0234 e. The molecule has 0 atom stereocenters. The quantitative estimate of drug-likeness (QED) is 0.735. The first-order chi connectivity index (χ1) is 9.28. The molecule has 3 heteroatoms. The van der Waals surface area contributed by atoms with Crippen molar-refractivity contribution in [2.75, 3.05) is 32.7 Å². The summed E-state index contributed by atoms with van der Waals surface area (Å²) in [7, 11) is 0. The van der Waals surface area contributed by atoms with E-state index in [-0.39, 0.29) is 0 Å². The van der Waals surface area contributed by atoms with Gasteiger partial charge in [0.25, 0.3) is 0 Å². The van der Waals surface area contributed by atoms with Crippen LogP contribution >= 0.6 is 15.9 Å². The van der Waals surface area contributed by atoms with Gasteiger partial charge >= 0.3 is 0 Å². The Labute approximate surface area is 125 Å². The van der Waals surface area contributed by atoms with Gasteiger partial charge in [-0.3, -0.25) is 4.90 Å². The van der Waals surface area contributed by atoms with E-state index in [1.165, 1.54) is 57.5 Å². The van der Waals surface area contributed by atoms with Crippen LogP contribution in [0.3, 0.4) is 0 Å². The molecule has 0 amide bonds. The number of hydrogen-bond acceptors (Lipinski definition) is 2. The topological polar surface area (TPSA) is 6.48 Å². The Morgan fingerprint density at radius 1 is 0.947 bits per heavy atom. The highest BCUT2D eigenvalue weighted by molar-refractivity contribution is 9.10. The van der Waals surface area contributed by atoms with Crippen LogP contribution in [0.25, 0.3) is 0 Å². The molecule has 0 unspecified atom stereocenters. The molecule has 1 aromatic rings. The molecule has 0 radical (unpaired) electrons. The molecule has 0 N–H and O–H groups in total. The molecule has 0 bridgehead atoms. The fraction of sp³-hybridized carbons (Fsp3) is 0.625. The van der Waals surface area contributed by atoms with Gasteiger partial charge in [-0.05, 0) is 30.7 Å². The predicted octanol–water partition coefficient (Wildman–Crippen LogP) is 3.76. The summed E-state index contributed by atoms with van der Waals surface area (Å²) in [5, 5.41) is 0. The van der Waals surface area contributed by atoms with Crippen molar-refractivity contribution < 1.29 is 0 Å². The average Bonchev–Trinajstić information content (AvgIpc) is 2.44. The van der Waals surface area contributed by atoms with Gasteiger partial charge in [0.2, 0.25) is 0 Å². The Morgan fingerprint density at radius 3 is 2.21 bits per heavy atom. The van der Waals surface area contributed by atoms with E-state index in [0.717, 1.165) is 11.0 Å². The molecule has 0 spiro atoms. The van der Waals surface area contributed by atoms with Crippen LogP contribution in [0, 0.1) is 0 Å². The van der Waals surface area contributed by atoms with E-state index in [0.29, 0.717) is 0 Å². The Balaban J connectivity index is 1.69. The Morgan fingerprint density at radius 2 is 1.58 bits per heavy atom. The van der Waals surface area contributed by atoms with Gasteiger partial charge in [-0.1, -0.05) is 47.8 Å². The second-order valence-electron chi connectivity index (χ2n) is 5.45. The minimum absolute atomic E-state index is 1.09. The van der Waals surface area contributed by atoms with Gasteiger partial charge in [-0.25, -0.2) is 0 Å². The van der Waals surface area contributed by atoms with Crippen molar-refractivity contribution in [3.63, 3.8) is 0 Å². The third-order valence-electron chi connectivity index (χ3n) is 3.86. The number of halogens is 1. The Bertz CT molecular complexity index is 356. The SMILES string of the molecule is CCCCCN1CCN(Cc2ccc(Br)cc2)CC1. The molecule has 2 rings (SSSR count). The minimum Gasteiger partial charge on any atom is -0.301 e. The summed E-state index contributed by atoms with van der Waals surface area (Å²) in [4.78, 5) is 5.19. The molecule has 0 saturated carbocycles. The van der Waals surface area contributed by atoms with Gasteiger partial charge in [0.05, 0.1) is 0 Å². The van der Waals surface area contributed by atoms with Crippen LogP contribution in [0.1, 0.15) is 31.7 Å². The minimum atomic E-state index is 1.09. The summed E-state index contributed by atoms with van der Waals surface area (Å²) >= 11 is 3.49. The number of rotatable bonds is 6. The maximum atomic E-state index is 3.49. The summed E-state index contributed by atoms with van der Waals surface area (Å²) < 4.78 is 1.16. The Kier molecular flexibility index (Phi) is 6.35. The van der Waals surface area contributed by atoms with E-state index in [1.54, 1.807) is 0 Å². The maximum absolute atomic E-state index is 3.49. The first-order valence-corrected chi connectivity index (χ1v) is 8.26. The molecule has 1 fully saturated rings. The third kappa shape index (κ3) is 5.25. The van der Waals surface area contributed by atoms with E-state index in [4.69, 9.17) is 0 Å². The van der Waals surface area contributed by atoms with Crippen molar-refractivity contribution >= 4 is 15.9 Å². The lowest BCUT2D eigenvalue weighted by atomic mass is 10.2. The van der Waals surface area contributed by atoms with Crippen LogP contribution in [-0.4, -0.2) is 42.5 Å². The highest BCUT2D eigenvalue weighted by Gasteiger charge is 2.16. The van der Waals surface area contributed by atoms with Crippen LogP contribution in [0.2, 0.25) is 0 Å². The molecule has 1 heterocycles. The van der Waals surface area contributed by atoms with Gasteiger partial charge < -0.3 is 4.90 Å². The molecule has 2 nitrogen and oxygen atoms in total. The van der Waals surface area contributed by atoms with Gasteiger partial charge in [-0.15, -0.1) is 0 Å². The van der Waals surface area contributed by atoms with Crippen LogP contribution < -0.4 is 0 Å². The highest BCUT2D eigenvalue weighted by atomic mass is 79.9. The van der Waals surface area contributed by atoms with Crippen LogP contribution in [0.15, 0.2) is 28.7 Å².